The van der Waals surface area contributed by atoms with Gasteiger partial charge in [-0.2, -0.15) is 78.9 Å². The van der Waals surface area contributed by atoms with E-state index in [0.29, 0.717) is 11.2 Å². The summed E-state index contributed by atoms with van der Waals surface area (Å²) < 4.78 is 0. The Kier molecular flexibility index (Phi) is 24.7. The van der Waals surface area contributed by atoms with Crippen molar-refractivity contribution in [1.82, 2.24) is 0 Å². The molecule has 0 unspecified atom stereocenters. The van der Waals surface area contributed by atoms with Gasteiger partial charge in [0.2, 0.25) is 0 Å². The number of halogens is 2. The Morgan fingerprint density at radius 2 is 1.18 bits per heavy atom. The van der Waals surface area contributed by atoms with E-state index >= 15 is 0 Å². The van der Waals surface area contributed by atoms with Gasteiger partial charge in [-0.1, -0.05) is 26.8 Å². The predicted octanol–water partition coefficient (Wildman–Crippen LogP) is 8.51. The first-order valence-electron chi connectivity index (χ1n) is 10.5. The molecular weight excluding hydrogens is 495 g/mol. The number of allylic oxidation sites excluding steroid dienone is 4. The van der Waals surface area contributed by atoms with Crippen LogP contribution in [0.5, 0.6) is 5.75 Å². The zero-order valence-corrected chi connectivity index (χ0v) is 24.0. The number of aryl methyl sites for hydroxylation is 2. The van der Waals surface area contributed by atoms with Crippen LogP contribution in [0.4, 0.5) is 0 Å². The van der Waals surface area contributed by atoms with Crippen LogP contribution in [0.2, 0.25) is 0 Å². The molecule has 0 heterocycles. The summed E-state index contributed by atoms with van der Waals surface area (Å²) in [5.74, 6) is 0.354. The quantitative estimate of drug-likeness (QED) is 0.227. The van der Waals surface area contributed by atoms with Crippen molar-refractivity contribution >= 4 is 29.6 Å². The number of hydrogen-bond donors (Lipinski definition) is 1. The van der Waals surface area contributed by atoms with Gasteiger partial charge in [-0.05, 0) is 42.5 Å². The van der Waals surface area contributed by atoms with Crippen molar-refractivity contribution in [3.05, 3.63) is 126 Å². The van der Waals surface area contributed by atoms with E-state index in [2.05, 4.69) is 55.9 Å². The molecule has 4 heteroatoms. The number of rotatable bonds is 0. The van der Waals surface area contributed by atoms with Gasteiger partial charge in [0, 0.05) is 0 Å². The van der Waals surface area contributed by atoms with Crippen LogP contribution in [0.1, 0.15) is 38.3 Å². The molecular formula is C30H37Cl2OTi-3. The van der Waals surface area contributed by atoms with Gasteiger partial charge in [0.05, 0.1) is 0 Å². The van der Waals surface area contributed by atoms with Gasteiger partial charge in [-0.3, -0.25) is 6.08 Å². The first kappa shape index (κ1) is 36.7. The number of phenols is 1. The fourth-order valence-corrected chi connectivity index (χ4v) is 2.55. The summed E-state index contributed by atoms with van der Waals surface area (Å²) in [5, 5.41) is 8.99. The molecule has 3 aromatic carbocycles. The second kappa shape index (κ2) is 22.9. The van der Waals surface area contributed by atoms with Gasteiger partial charge in [0.15, 0.2) is 0 Å². The van der Waals surface area contributed by atoms with Gasteiger partial charge in [0.25, 0.3) is 0 Å². The van der Waals surface area contributed by atoms with Crippen LogP contribution in [-0.2, 0) is 20.0 Å². The van der Waals surface area contributed by atoms with Crippen LogP contribution in [-0.4, -0.2) is 9.92 Å². The van der Waals surface area contributed by atoms with Gasteiger partial charge >= 0.3 is 24.8 Å². The fraction of sp³-hybridized carbons (Fsp3) is 0.233. The molecule has 1 N–H and O–H groups in total. The zero-order valence-electron chi connectivity index (χ0n) is 20.8. The Labute approximate surface area is 231 Å². The number of hydrogen-bond acceptors (Lipinski definition) is 1. The molecule has 184 valence electrons. The van der Waals surface area contributed by atoms with Crippen LogP contribution in [0, 0.1) is 37.5 Å². The summed E-state index contributed by atoms with van der Waals surface area (Å²) in [4.78, 5) is 3.25. The first-order chi connectivity index (χ1) is 15.3. The Balaban J connectivity index is -0.000000366. The van der Waals surface area contributed by atoms with E-state index in [1.54, 1.807) is 32.1 Å². The van der Waals surface area contributed by atoms with Gasteiger partial charge in [-0.15, -0.1) is 31.2 Å². The SMILES string of the molecule is CC(C)(C)C1=[C-]CC=C1.Cc1cc(C)cc(O)c1.Cl.Cl.[CH2]=[Ti].[c-]1ccccc1.[c-]1ccccc1. The van der Waals surface area contributed by atoms with Crippen LogP contribution in [0.25, 0.3) is 0 Å². The molecule has 1 aliphatic carbocycles. The summed E-state index contributed by atoms with van der Waals surface area (Å²) in [5.41, 5.74) is 3.86. The van der Waals surface area contributed by atoms with Crippen molar-refractivity contribution in [3.63, 3.8) is 0 Å². The summed E-state index contributed by atoms with van der Waals surface area (Å²) in [7, 11) is 0. The Bertz CT molecular complexity index is 767. The molecule has 4 rings (SSSR count). The monoisotopic (exact) mass is 531 g/mol. The Morgan fingerprint density at radius 3 is 1.35 bits per heavy atom. The number of aromatic hydroxyl groups is 1. The molecule has 0 spiro atoms. The third-order valence-corrected chi connectivity index (χ3v) is 3.92. The first-order valence-corrected chi connectivity index (χ1v) is 11.6. The maximum Gasteiger partial charge on any atom is -0.171 e. The van der Waals surface area contributed by atoms with Gasteiger partial charge in [-0.25, -0.2) is 11.6 Å². The van der Waals surface area contributed by atoms with Crippen LogP contribution in [0.3, 0.4) is 0 Å². The topological polar surface area (TPSA) is 20.2 Å². The van der Waals surface area contributed by atoms with Crippen molar-refractivity contribution in [2.45, 2.75) is 41.0 Å². The largest absolute Gasteiger partial charge is 0.184 e. The van der Waals surface area contributed by atoms with E-state index in [1.165, 1.54) is 5.57 Å². The fourth-order valence-electron chi connectivity index (χ4n) is 2.55. The average molecular weight is 532 g/mol. The minimum Gasteiger partial charge on any atom is -0.184 e. The minimum absolute atomic E-state index is 0. The number of phenolic OH excluding ortho intramolecular Hbond substituents is 1. The summed E-state index contributed by atoms with van der Waals surface area (Å²) in [6.07, 6.45) is 8.63. The van der Waals surface area contributed by atoms with Crippen molar-refractivity contribution in [1.29, 1.82) is 0 Å². The Morgan fingerprint density at radius 1 is 0.765 bits per heavy atom. The third kappa shape index (κ3) is 20.7. The minimum atomic E-state index is 0. The molecule has 0 saturated carbocycles. The maximum atomic E-state index is 8.99. The molecule has 0 atom stereocenters. The van der Waals surface area contributed by atoms with Crippen LogP contribution < -0.4 is 0 Å². The normalized spacial score (nSPS) is 10.3. The van der Waals surface area contributed by atoms with Crippen molar-refractivity contribution in [2.75, 3.05) is 0 Å². The van der Waals surface area contributed by atoms with E-state index < -0.39 is 0 Å². The number of benzene rings is 3. The van der Waals surface area contributed by atoms with E-state index in [-0.39, 0.29) is 24.8 Å². The zero-order chi connectivity index (χ0) is 24.2. The maximum absolute atomic E-state index is 8.99. The smallest absolute Gasteiger partial charge is 0.171 e. The second-order valence-corrected chi connectivity index (χ2v) is 7.95. The van der Waals surface area contributed by atoms with Gasteiger partial charge in [0.1, 0.15) is 5.75 Å². The Hall–Kier alpha value is -1.90. The molecule has 0 amide bonds. The molecule has 0 aliphatic heterocycles. The standard InChI is InChI=1S/C9H13.C8H10O.2C6H5.CH2.2ClH.Ti/c1-9(2,3)8-6-4-5-7-8;1-6-3-7(2)5-8(9)4-6;2*1-2-4-6-5-3-1;;;;/h4,6H,5H2,1-3H3;3-5,9H,1-2H3;2*1-5H;1H2;2*1H;/q-1;;2*-1;;;;. The van der Waals surface area contributed by atoms with Gasteiger partial charge < -0.3 is 5.11 Å². The molecule has 1 nitrogen and oxygen atoms in total. The molecule has 3 aromatic rings. The molecule has 0 bridgehead atoms. The summed E-state index contributed by atoms with van der Waals surface area (Å²) in [6.45, 7) is 10.6. The predicted molar refractivity (Wildman–Crippen MR) is 150 cm³/mol. The van der Waals surface area contributed by atoms with Crippen LogP contribution in [0.15, 0.2) is 96.6 Å². The molecule has 0 aromatic heterocycles. The van der Waals surface area contributed by atoms with Crippen molar-refractivity contribution in [2.24, 2.45) is 5.41 Å². The summed E-state index contributed by atoms with van der Waals surface area (Å²) >= 11 is 1.75. The molecule has 1 aliphatic rings. The van der Waals surface area contributed by atoms with Crippen molar-refractivity contribution < 1.29 is 25.1 Å². The second-order valence-electron chi connectivity index (χ2n) is 7.95. The molecule has 0 fully saturated rings. The van der Waals surface area contributed by atoms with E-state index in [0.717, 1.165) is 17.5 Å². The van der Waals surface area contributed by atoms with E-state index in [9.17, 15) is 0 Å². The summed E-state index contributed by atoms with van der Waals surface area (Å²) in [6, 6.07) is 30.5. The van der Waals surface area contributed by atoms with E-state index in [4.69, 9.17) is 5.11 Å². The third-order valence-electron chi connectivity index (χ3n) is 3.92. The average Bonchev–Trinajstić information content (AvgIpc) is 3.34. The van der Waals surface area contributed by atoms with E-state index in [1.807, 2.05) is 80.6 Å². The van der Waals surface area contributed by atoms with Crippen LogP contribution >= 0.6 is 24.8 Å². The molecule has 0 saturated heterocycles. The molecule has 0 radical (unpaired) electrons. The molecule has 34 heavy (non-hydrogen) atoms. The van der Waals surface area contributed by atoms with Crippen molar-refractivity contribution in [3.8, 4) is 5.75 Å².